The van der Waals surface area contributed by atoms with Crippen LogP contribution in [0.15, 0.2) is 29.2 Å². The van der Waals surface area contributed by atoms with Crippen LogP contribution < -0.4 is 5.32 Å². The number of hydrogen-bond acceptors (Lipinski definition) is 6. The standard InChI is InChI=1S/C18H26N2O6S/c1-14-5-3-4-11-20(14)27(23,24)16-8-6-15(7-9-16)18(22)26-13-17(21)19-10-12-25-2/h6-9,14H,3-5,10-13H2,1-2H3,(H,19,21)/t14-/m0/s1. The second-order valence-corrected chi connectivity index (χ2v) is 8.29. The van der Waals surface area contributed by atoms with Crippen molar-refractivity contribution in [3.8, 4) is 0 Å². The van der Waals surface area contributed by atoms with Crippen LogP contribution in [0.5, 0.6) is 0 Å². The molecule has 8 nitrogen and oxygen atoms in total. The molecule has 0 unspecified atom stereocenters. The molecule has 1 heterocycles. The number of carbonyl (C=O) groups is 2. The Morgan fingerprint density at radius 3 is 2.56 bits per heavy atom. The zero-order valence-corrected chi connectivity index (χ0v) is 16.5. The molecule has 1 saturated heterocycles. The highest BCUT2D eigenvalue weighted by atomic mass is 32.2. The molecule has 1 aliphatic rings. The third-order valence-electron chi connectivity index (χ3n) is 4.40. The van der Waals surface area contributed by atoms with Crippen molar-refractivity contribution >= 4 is 21.9 Å². The van der Waals surface area contributed by atoms with Crippen LogP contribution in [0.3, 0.4) is 0 Å². The molecule has 1 atom stereocenters. The highest BCUT2D eigenvalue weighted by Gasteiger charge is 2.30. The molecule has 0 aliphatic carbocycles. The number of benzene rings is 1. The van der Waals surface area contributed by atoms with Gasteiger partial charge in [0.1, 0.15) is 0 Å². The lowest BCUT2D eigenvalue weighted by Gasteiger charge is -2.32. The third kappa shape index (κ3) is 5.75. The summed E-state index contributed by atoms with van der Waals surface area (Å²) in [5.41, 5.74) is 0.185. The van der Waals surface area contributed by atoms with Gasteiger partial charge >= 0.3 is 5.97 Å². The second kappa shape index (κ2) is 9.82. The monoisotopic (exact) mass is 398 g/mol. The van der Waals surface area contributed by atoms with Gasteiger partial charge in [-0.3, -0.25) is 4.79 Å². The Balaban J connectivity index is 1.95. The van der Waals surface area contributed by atoms with Crippen molar-refractivity contribution in [3.63, 3.8) is 0 Å². The summed E-state index contributed by atoms with van der Waals surface area (Å²) in [6.45, 7) is 2.69. The lowest BCUT2D eigenvalue weighted by molar-refractivity contribution is -0.124. The molecule has 2 rings (SSSR count). The number of esters is 1. The summed E-state index contributed by atoms with van der Waals surface area (Å²) in [5.74, 6) is -1.12. The van der Waals surface area contributed by atoms with Crippen LogP contribution in [-0.4, -0.2) is 64.1 Å². The molecule has 0 spiro atoms. The van der Waals surface area contributed by atoms with E-state index in [1.807, 2.05) is 6.92 Å². The minimum absolute atomic E-state index is 0.0370. The molecule has 0 bridgehead atoms. The first kappa shape index (κ1) is 21.3. The molecule has 1 aromatic carbocycles. The zero-order chi connectivity index (χ0) is 19.9. The summed E-state index contributed by atoms with van der Waals surface area (Å²) < 4.78 is 36.8. The van der Waals surface area contributed by atoms with E-state index >= 15 is 0 Å². The molecule has 0 radical (unpaired) electrons. The van der Waals surface area contributed by atoms with Gasteiger partial charge in [-0.15, -0.1) is 0 Å². The molecule has 0 aromatic heterocycles. The fraction of sp³-hybridized carbons (Fsp3) is 0.556. The summed E-state index contributed by atoms with van der Waals surface area (Å²) in [7, 11) is -2.07. The van der Waals surface area contributed by atoms with Gasteiger partial charge in [0.25, 0.3) is 5.91 Å². The van der Waals surface area contributed by atoms with E-state index in [4.69, 9.17) is 9.47 Å². The van der Waals surface area contributed by atoms with Crippen molar-refractivity contribution < 1.29 is 27.5 Å². The van der Waals surface area contributed by atoms with Crippen LogP contribution in [-0.2, 0) is 24.3 Å². The van der Waals surface area contributed by atoms with Gasteiger partial charge in [0, 0.05) is 26.2 Å². The van der Waals surface area contributed by atoms with E-state index in [2.05, 4.69) is 5.32 Å². The fourth-order valence-corrected chi connectivity index (χ4v) is 4.58. The van der Waals surface area contributed by atoms with E-state index in [1.54, 1.807) is 0 Å². The van der Waals surface area contributed by atoms with Gasteiger partial charge in [0.05, 0.1) is 17.1 Å². The molecular weight excluding hydrogens is 372 g/mol. The van der Waals surface area contributed by atoms with Crippen LogP contribution in [0.4, 0.5) is 0 Å². The van der Waals surface area contributed by atoms with E-state index in [0.717, 1.165) is 19.3 Å². The topological polar surface area (TPSA) is 102 Å². The first-order chi connectivity index (χ1) is 12.9. The first-order valence-corrected chi connectivity index (χ1v) is 10.3. The van der Waals surface area contributed by atoms with E-state index in [1.165, 1.54) is 35.7 Å². The molecule has 27 heavy (non-hydrogen) atoms. The lowest BCUT2D eigenvalue weighted by Crippen LogP contribution is -2.41. The Kier molecular flexibility index (Phi) is 7.76. The van der Waals surface area contributed by atoms with Crippen LogP contribution >= 0.6 is 0 Å². The number of hydrogen-bond donors (Lipinski definition) is 1. The molecular formula is C18H26N2O6S. The number of methoxy groups -OCH3 is 1. The van der Waals surface area contributed by atoms with Gasteiger partial charge in [0.2, 0.25) is 10.0 Å². The summed E-state index contributed by atoms with van der Waals surface area (Å²) in [6, 6.07) is 5.54. The number of amides is 1. The van der Waals surface area contributed by atoms with Crippen molar-refractivity contribution in [3.05, 3.63) is 29.8 Å². The van der Waals surface area contributed by atoms with E-state index in [9.17, 15) is 18.0 Å². The Labute approximate surface area is 159 Å². The van der Waals surface area contributed by atoms with Crippen molar-refractivity contribution in [1.82, 2.24) is 9.62 Å². The SMILES string of the molecule is COCCNC(=O)COC(=O)c1ccc(S(=O)(=O)N2CCCC[C@@H]2C)cc1. The molecule has 0 saturated carbocycles. The van der Waals surface area contributed by atoms with E-state index in [-0.39, 0.29) is 16.5 Å². The molecule has 1 aromatic rings. The Morgan fingerprint density at radius 1 is 1.22 bits per heavy atom. The maximum absolute atomic E-state index is 12.8. The third-order valence-corrected chi connectivity index (χ3v) is 6.43. The first-order valence-electron chi connectivity index (χ1n) is 8.91. The number of piperidine rings is 1. The van der Waals surface area contributed by atoms with Crippen molar-refractivity contribution in [2.45, 2.75) is 37.1 Å². The maximum Gasteiger partial charge on any atom is 0.338 e. The van der Waals surface area contributed by atoms with Crippen LogP contribution in [0.1, 0.15) is 36.5 Å². The number of sulfonamides is 1. The van der Waals surface area contributed by atoms with Crippen molar-refractivity contribution in [2.75, 3.05) is 33.4 Å². The smallest absolute Gasteiger partial charge is 0.338 e. The van der Waals surface area contributed by atoms with Crippen LogP contribution in [0.25, 0.3) is 0 Å². The Bertz CT molecular complexity index is 748. The predicted octanol–water partition coefficient (Wildman–Crippen LogP) is 1.17. The Morgan fingerprint density at radius 2 is 1.93 bits per heavy atom. The molecule has 1 amide bonds. The van der Waals surface area contributed by atoms with Crippen LogP contribution in [0, 0.1) is 0 Å². The number of rotatable bonds is 8. The summed E-state index contributed by atoms with van der Waals surface area (Å²) in [4.78, 5) is 23.7. The summed E-state index contributed by atoms with van der Waals surface area (Å²) >= 11 is 0. The van der Waals surface area contributed by atoms with E-state index in [0.29, 0.717) is 19.7 Å². The minimum atomic E-state index is -3.59. The van der Waals surface area contributed by atoms with Gasteiger partial charge in [-0.05, 0) is 44.0 Å². The van der Waals surface area contributed by atoms with Crippen molar-refractivity contribution in [2.24, 2.45) is 0 Å². The summed E-state index contributed by atoms with van der Waals surface area (Å²) in [6.07, 6.45) is 2.72. The van der Waals surface area contributed by atoms with Crippen molar-refractivity contribution in [1.29, 1.82) is 0 Å². The van der Waals surface area contributed by atoms with Crippen LogP contribution in [0.2, 0.25) is 0 Å². The molecule has 1 aliphatic heterocycles. The predicted molar refractivity (Wildman–Crippen MR) is 98.8 cm³/mol. The van der Waals surface area contributed by atoms with Gasteiger partial charge in [-0.2, -0.15) is 4.31 Å². The largest absolute Gasteiger partial charge is 0.452 e. The summed E-state index contributed by atoms with van der Waals surface area (Å²) in [5, 5.41) is 2.53. The molecule has 1 N–H and O–H groups in total. The van der Waals surface area contributed by atoms with Gasteiger partial charge in [0.15, 0.2) is 6.61 Å². The van der Waals surface area contributed by atoms with Gasteiger partial charge in [-0.25, -0.2) is 13.2 Å². The number of nitrogens with one attached hydrogen (secondary N) is 1. The normalized spacial score (nSPS) is 18.1. The van der Waals surface area contributed by atoms with E-state index < -0.39 is 28.5 Å². The fourth-order valence-electron chi connectivity index (χ4n) is 2.89. The zero-order valence-electron chi connectivity index (χ0n) is 15.6. The minimum Gasteiger partial charge on any atom is -0.452 e. The number of nitrogens with zero attached hydrogens (tertiary/aromatic N) is 1. The molecule has 150 valence electrons. The molecule has 9 heteroatoms. The second-order valence-electron chi connectivity index (χ2n) is 6.40. The lowest BCUT2D eigenvalue weighted by atomic mass is 10.1. The number of ether oxygens (including phenoxy) is 2. The number of carbonyl (C=O) groups excluding carboxylic acids is 2. The molecule has 1 fully saturated rings. The highest BCUT2D eigenvalue weighted by Crippen LogP contribution is 2.25. The maximum atomic E-state index is 12.8. The van der Waals surface area contributed by atoms with Gasteiger partial charge < -0.3 is 14.8 Å². The Hall–Kier alpha value is -1.97. The quantitative estimate of drug-likeness (QED) is 0.521. The highest BCUT2D eigenvalue weighted by molar-refractivity contribution is 7.89. The average Bonchev–Trinajstić information content (AvgIpc) is 2.66. The van der Waals surface area contributed by atoms with Gasteiger partial charge in [-0.1, -0.05) is 6.42 Å². The average molecular weight is 398 g/mol.